The number of nitrogens with zero attached hydrogens (tertiary/aromatic N) is 4. The zero-order valence-electron chi connectivity index (χ0n) is 19.7. The summed E-state index contributed by atoms with van der Waals surface area (Å²) in [6.07, 6.45) is 0.716. The summed E-state index contributed by atoms with van der Waals surface area (Å²) in [5.41, 5.74) is 3.10. The van der Waals surface area contributed by atoms with Gasteiger partial charge in [0.1, 0.15) is 5.75 Å². The van der Waals surface area contributed by atoms with Crippen molar-refractivity contribution >= 4 is 50.1 Å². The maximum atomic E-state index is 12.6. The summed E-state index contributed by atoms with van der Waals surface area (Å²) < 4.78 is 9.08. The van der Waals surface area contributed by atoms with Crippen molar-refractivity contribution in [3.05, 3.63) is 69.8 Å². The Hall–Kier alpha value is -2.69. The van der Waals surface area contributed by atoms with Crippen molar-refractivity contribution < 1.29 is 9.53 Å². The van der Waals surface area contributed by atoms with E-state index in [-0.39, 0.29) is 17.8 Å². The Kier molecular flexibility index (Phi) is 8.59. The van der Waals surface area contributed by atoms with Crippen LogP contribution in [0, 0.1) is 0 Å². The molecule has 2 aromatic heterocycles. The molecule has 4 aromatic rings. The molecule has 0 fully saturated rings. The molecule has 10 heteroatoms. The molecule has 35 heavy (non-hydrogen) atoms. The summed E-state index contributed by atoms with van der Waals surface area (Å²) in [5.74, 6) is 1.59. The fraction of sp³-hybridized carbons (Fsp3) is 0.280. The summed E-state index contributed by atoms with van der Waals surface area (Å²) in [7, 11) is 0. The molecule has 0 saturated heterocycles. The molecule has 182 valence electrons. The van der Waals surface area contributed by atoms with Crippen LogP contribution in [0.25, 0.3) is 11.3 Å². The SMILES string of the molecule is CCc1ccc(O[C@@H](C)c2nnc(SCC(=O)Nc3nc(-c4ccc(Br)cc4)cs3)n2CC)cc1. The van der Waals surface area contributed by atoms with E-state index in [1.54, 1.807) is 0 Å². The van der Waals surface area contributed by atoms with E-state index in [0.29, 0.717) is 16.8 Å². The minimum Gasteiger partial charge on any atom is -0.483 e. The van der Waals surface area contributed by atoms with Crippen molar-refractivity contribution in [2.24, 2.45) is 0 Å². The van der Waals surface area contributed by atoms with Crippen LogP contribution in [0.3, 0.4) is 0 Å². The molecular formula is C25H26BrN5O2S2. The van der Waals surface area contributed by atoms with Gasteiger partial charge in [0.05, 0.1) is 11.4 Å². The van der Waals surface area contributed by atoms with E-state index in [2.05, 4.69) is 55.5 Å². The van der Waals surface area contributed by atoms with Crippen molar-refractivity contribution in [2.45, 2.75) is 45.0 Å². The van der Waals surface area contributed by atoms with E-state index in [1.165, 1.54) is 28.7 Å². The first-order chi connectivity index (χ1) is 17.0. The second-order valence-corrected chi connectivity index (χ2v) is 10.4. The third-order valence-electron chi connectivity index (χ3n) is 5.29. The molecule has 2 heterocycles. The van der Waals surface area contributed by atoms with Crippen molar-refractivity contribution in [2.75, 3.05) is 11.1 Å². The minimum absolute atomic E-state index is 0.140. The van der Waals surface area contributed by atoms with Gasteiger partial charge >= 0.3 is 0 Å². The fourth-order valence-corrected chi connectivity index (χ4v) is 5.24. The molecule has 1 N–H and O–H groups in total. The first kappa shape index (κ1) is 25.4. The predicted molar refractivity (Wildman–Crippen MR) is 145 cm³/mol. The van der Waals surface area contributed by atoms with Crippen LogP contribution >= 0.6 is 39.0 Å². The lowest BCUT2D eigenvalue weighted by Crippen LogP contribution is -2.15. The highest BCUT2D eigenvalue weighted by Crippen LogP contribution is 2.27. The second kappa shape index (κ2) is 11.8. The van der Waals surface area contributed by atoms with Crippen LogP contribution in [0.2, 0.25) is 0 Å². The van der Waals surface area contributed by atoms with Crippen molar-refractivity contribution in [1.29, 1.82) is 0 Å². The second-order valence-electron chi connectivity index (χ2n) is 7.72. The topological polar surface area (TPSA) is 81.9 Å². The standard InChI is InChI=1S/C25H26BrN5O2S2/c1-4-17-6-12-20(13-7-17)33-16(3)23-29-30-25(31(23)5-2)35-15-22(32)28-24-27-21(14-34-24)18-8-10-19(26)11-9-18/h6-14,16H,4-5,15H2,1-3H3,(H,27,28,32)/t16-/m0/s1. The third-order valence-corrected chi connectivity index (χ3v) is 7.55. The highest BCUT2D eigenvalue weighted by Gasteiger charge is 2.20. The average Bonchev–Trinajstić information content (AvgIpc) is 3.50. The van der Waals surface area contributed by atoms with Gasteiger partial charge in [0.2, 0.25) is 5.91 Å². The van der Waals surface area contributed by atoms with E-state index in [9.17, 15) is 4.79 Å². The summed E-state index contributed by atoms with van der Waals surface area (Å²) in [5, 5.41) is 14.7. The number of halogens is 1. The molecule has 2 aromatic carbocycles. The van der Waals surface area contributed by atoms with Crippen LogP contribution in [-0.4, -0.2) is 31.4 Å². The summed E-state index contributed by atoms with van der Waals surface area (Å²) in [6, 6.07) is 16.0. The molecule has 0 radical (unpaired) electrons. The number of anilines is 1. The summed E-state index contributed by atoms with van der Waals surface area (Å²) in [6.45, 7) is 6.78. The smallest absolute Gasteiger partial charge is 0.236 e. The fourth-order valence-electron chi connectivity index (χ4n) is 3.44. The van der Waals surface area contributed by atoms with Crippen LogP contribution in [0.4, 0.5) is 5.13 Å². The minimum atomic E-state index is -0.273. The number of amides is 1. The number of aryl methyl sites for hydroxylation is 1. The Morgan fingerprint density at radius 1 is 1.14 bits per heavy atom. The molecular weight excluding hydrogens is 546 g/mol. The molecule has 7 nitrogen and oxygen atoms in total. The number of nitrogens with one attached hydrogen (secondary N) is 1. The Bertz CT molecular complexity index is 1270. The van der Waals surface area contributed by atoms with Gasteiger partial charge in [-0.25, -0.2) is 4.98 Å². The summed E-state index contributed by atoms with van der Waals surface area (Å²) in [4.78, 5) is 17.1. The first-order valence-corrected chi connectivity index (χ1v) is 14.0. The monoisotopic (exact) mass is 571 g/mol. The largest absolute Gasteiger partial charge is 0.483 e. The van der Waals surface area contributed by atoms with Gasteiger partial charge in [-0.2, -0.15) is 0 Å². The van der Waals surface area contributed by atoms with Gasteiger partial charge in [-0.15, -0.1) is 21.5 Å². The van der Waals surface area contributed by atoms with Gasteiger partial charge in [0, 0.05) is 22.0 Å². The Morgan fingerprint density at radius 2 is 1.89 bits per heavy atom. The molecule has 0 saturated carbocycles. The lowest BCUT2D eigenvalue weighted by Gasteiger charge is -2.15. The molecule has 0 spiro atoms. The third kappa shape index (κ3) is 6.50. The van der Waals surface area contributed by atoms with Crippen LogP contribution in [0.5, 0.6) is 5.75 Å². The predicted octanol–water partition coefficient (Wildman–Crippen LogP) is 6.62. The van der Waals surface area contributed by atoms with E-state index in [1.807, 2.05) is 60.2 Å². The zero-order valence-corrected chi connectivity index (χ0v) is 22.9. The van der Waals surface area contributed by atoms with E-state index < -0.39 is 0 Å². The maximum absolute atomic E-state index is 12.6. The number of hydrogen-bond acceptors (Lipinski definition) is 7. The number of ether oxygens (including phenoxy) is 1. The number of aromatic nitrogens is 4. The molecule has 0 aliphatic rings. The Labute approximate surface area is 221 Å². The van der Waals surface area contributed by atoms with Crippen molar-refractivity contribution in [3.63, 3.8) is 0 Å². The van der Waals surface area contributed by atoms with Gasteiger partial charge in [0.15, 0.2) is 22.2 Å². The van der Waals surface area contributed by atoms with Gasteiger partial charge in [-0.05, 0) is 50.1 Å². The number of carbonyl (C=O) groups is 1. The maximum Gasteiger partial charge on any atom is 0.236 e. The highest BCUT2D eigenvalue weighted by molar-refractivity contribution is 9.10. The van der Waals surface area contributed by atoms with E-state index in [4.69, 9.17) is 4.74 Å². The van der Waals surface area contributed by atoms with Crippen LogP contribution < -0.4 is 10.1 Å². The van der Waals surface area contributed by atoms with Gasteiger partial charge in [-0.1, -0.05) is 58.9 Å². The number of hydrogen-bond donors (Lipinski definition) is 1. The number of thioether (sulfide) groups is 1. The molecule has 1 amide bonds. The number of thiazole rings is 1. The van der Waals surface area contributed by atoms with Crippen molar-refractivity contribution in [3.8, 4) is 17.0 Å². The van der Waals surface area contributed by atoms with Crippen LogP contribution in [-0.2, 0) is 17.8 Å². The van der Waals surface area contributed by atoms with Crippen LogP contribution in [0.1, 0.15) is 38.3 Å². The Morgan fingerprint density at radius 3 is 2.57 bits per heavy atom. The number of rotatable bonds is 10. The van der Waals surface area contributed by atoms with E-state index in [0.717, 1.165) is 33.7 Å². The number of benzene rings is 2. The average molecular weight is 573 g/mol. The first-order valence-electron chi connectivity index (χ1n) is 11.3. The molecule has 0 aliphatic heterocycles. The molecule has 4 rings (SSSR count). The van der Waals surface area contributed by atoms with Crippen LogP contribution in [0.15, 0.2) is 63.5 Å². The lowest BCUT2D eigenvalue weighted by atomic mass is 10.2. The quantitative estimate of drug-likeness (QED) is 0.215. The van der Waals surface area contributed by atoms with Gasteiger partial charge in [-0.3, -0.25) is 4.79 Å². The number of carbonyl (C=O) groups excluding carboxylic acids is 1. The van der Waals surface area contributed by atoms with Gasteiger partial charge < -0.3 is 14.6 Å². The molecule has 0 unspecified atom stereocenters. The Balaban J connectivity index is 1.34. The lowest BCUT2D eigenvalue weighted by molar-refractivity contribution is -0.113. The van der Waals surface area contributed by atoms with Crippen molar-refractivity contribution in [1.82, 2.24) is 19.7 Å². The zero-order chi connectivity index (χ0) is 24.8. The normalized spacial score (nSPS) is 11.9. The van der Waals surface area contributed by atoms with E-state index >= 15 is 0 Å². The van der Waals surface area contributed by atoms with Gasteiger partial charge in [0.25, 0.3) is 0 Å². The highest BCUT2D eigenvalue weighted by atomic mass is 79.9. The summed E-state index contributed by atoms with van der Waals surface area (Å²) >= 11 is 6.19. The molecule has 1 atom stereocenters. The molecule has 0 bridgehead atoms. The molecule has 0 aliphatic carbocycles.